The van der Waals surface area contributed by atoms with Gasteiger partial charge in [-0.1, -0.05) is 41.6 Å². The summed E-state index contributed by atoms with van der Waals surface area (Å²) in [6.45, 7) is 5.13. The van der Waals surface area contributed by atoms with Gasteiger partial charge in [0, 0.05) is 18.8 Å². The van der Waals surface area contributed by atoms with E-state index in [2.05, 4.69) is 10.3 Å². The van der Waals surface area contributed by atoms with E-state index in [0.29, 0.717) is 17.8 Å². The van der Waals surface area contributed by atoms with E-state index in [0.717, 1.165) is 41.4 Å². The lowest BCUT2D eigenvalue weighted by Crippen LogP contribution is -2.38. The molecule has 0 aliphatic carbocycles. The first kappa shape index (κ1) is 21.6. The van der Waals surface area contributed by atoms with Crippen molar-refractivity contribution in [3.63, 3.8) is 0 Å². The third-order valence-corrected chi connectivity index (χ3v) is 6.58. The second kappa shape index (κ2) is 9.28. The molecule has 3 heterocycles. The van der Waals surface area contributed by atoms with Gasteiger partial charge in [0.1, 0.15) is 0 Å². The summed E-state index contributed by atoms with van der Waals surface area (Å²) in [5.41, 5.74) is 4.02. The summed E-state index contributed by atoms with van der Waals surface area (Å²) in [6.07, 6.45) is 2.31. The topological polar surface area (TPSA) is 80.2 Å². The maximum absolute atomic E-state index is 12.7. The second-order valence-corrected chi connectivity index (χ2v) is 8.75. The molecule has 1 fully saturated rings. The average Bonchev–Trinajstić information content (AvgIpc) is 3.42. The van der Waals surface area contributed by atoms with Crippen molar-refractivity contribution in [3.8, 4) is 0 Å². The highest BCUT2D eigenvalue weighted by Gasteiger charge is 2.40. The normalized spacial score (nSPS) is 22.7. The molecule has 0 radical (unpaired) electrons. The zero-order valence-corrected chi connectivity index (χ0v) is 18.8. The van der Waals surface area contributed by atoms with Gasteiger partial charge in [0.15, 0.2) is 5.17 Å². The summed E-state index contributed by atoms with van der Waals surface area (Å²) < 4.78 is 10.7. The molecule has 1 saturated heterocycles. The quantitative estimate of drug-likeness (QED) is 0.682. The minimum atomic E-state index is -0.412. The molecule has 1 amide bonds. The van der Waals surface area contributed by atoms with E-state index < -0.39 is 12.0 Å². The Kier molecular flexibility index (Phi) is 6.48. The largest absolute Gasteiger partial charge is 0.466 e. The monoisotopic (exact) mass is 441 g/mol. The van der Waals surface area contributed by atoms with Crippen LogP contribution in [0.25, 0.3) is 0 Å². The molecular formula is C23H27N3O4S. The van der Waals surface area contributed by atoms with Crippen LogP contribution in [0.2, 0.25) is 0 Å². The molecule has 0 spiro atoms. The molecule has 2 unspecified atom stereocenters. The predicted molar refractivity (Wildman–Crippen MR) is 120 cm³/mol. The number of benzene rings is 1. The van der Waals surface area contributed by atoms with Crippen LogP contribution in [0.5, 0.6) is 0 Å². The fraction of sp³-hybridized carbons (Fsp3) is 0.435. The first-order chi connectivity index (χ1) is 15.0. The number of rotatable bonds is 6. The number of amides is 1. The third kappa shape index (κ3) is 4.55. The summed E-state index contributed by atoms with van der Waals surface area (Å²) in [4.78, 5) is 32.0. The number of aliphatic imine (C=N–C) groups is 1. The molecule has 0 bridgehead atoms. The Bertz CT molecular complexity index is 962. The lowest BCUT2D eigenvalue weighted by atomic mass is 9.93. The minimum absolute atomic E-state index is 0.0721. The number of carbonyl (C=O) groups excluding carboxylic acids is 2. The highest BCUT2D eigenvalue weighted by atomic mass is 32.2. The SMILES string of the molecule is COC(=O)C1=C(C)N=C2SC=C(CC(=O)NCC3CCCO3)N2C1c1ccc(C)cc1. The predicted octanol–water partition coefficient (Wildman–Crippen LogP) is 3.43. The van der Waals surface area contributed by atoms with Gasteiger partial charge in [-0.2, -0.15) is 0 Å². The van der Waals surface area contributed by atoms with Crippen molar-refractivity contribution in [2.24, 2.45) is 4.99 Å². The van der Waals surface area contributed by atoms with Crippen LogP contribution in [0.15, 0.2) is 51.6 Å². The van der Waals surface area contributed by atoms with Crippen molar-refractivity contribution < 1.29 is 19.1 Å². The van der Waals surface area contributed by atoms with E-state index in [-0.39, 0.29) is 18.4 Å². The molecule has 7 nitrogen and oxygen atoms in total. The summed E-state index contributed by atoms with van der Waals surface area (Å²) in [6, 6.07) is 7.67. The first-order valence-corrected chi connectivity index (χ1v) is 11.3. The summed E-state index contributed by atoms with van der Waals surface area (Å²) in [7, 11) is 1.38. The Labute approximate surface area is 186 Å². The minimum Gasteiger partial charge on any atom is -0.466 e. The zero-order chi connectivity index (χ0) is 22.0. The molecule has 164 valence electrons. The summed E-state index contributed by atoms with van der Waals surface area (Å²) >= 11 is 1.47. The van der Waals surface area contributed by atoms with E-state index in [4.69, 9.17) is 9.47 Å². The maximum Gasteiger partial charge on any atom is 0.338 e. The molecule has 1 aromatic rings. The summed E-state index contributed by atoms with van der Waals surface area (Å²) in [5, 5.41) is 5.68. The third-order valence-electron chi connectivity index (χ3n) is 5.69. The molecule has 1 N–H and O–H groups in total. The lowest BCUT2D eigenvalue weighted by molar-refractivity contribution is -0.136. The van der Waals surface area contributed by atoms with Gasteiger partial charge >= 0.3 is 5.97 Å². The highest BCUT2D eigenvalue weighted by molar-refractivity contribution is 8.16. The molecule has 31 heavy (non-hydrogen) atoms. The Balaban J connectivity index is 1.59. The van der Waals surface area contributed by atoms with Crippen LogP contribution in [-0.4, -0.2) is 48.3 Å². The molecule has 1 aromatic carbocycles. The Morgan fingerprint density at radius 3 is 2.74 bits per heavy atom. The van der Waals surface area contributed by atoms with Crippen LogP contribution in [0.1, 0.15) is 43.4 Å². The summed E-state index contributed by atoms with van der Waals surface area (Å²) in [5.74, 6) is -0.484. The maximum atomic E-state index is 12.7. The average molecular weight is 442 g/mol. The smallest absolute Gasteiger partial charge is 0.338 e. The Hall–Kier alpha value is -2.58. The number of aryl methyl sites for hydroxylation is 1. The van der Waals surface area contributed by atoms with Crippen LogP contribution in [0, 0.1) is 6.92 Å². The van der Waals surface area contributed by atoms with Crippen molar-refractivity contribution >= 4 is 28.8 Å². The number of esters is 1. The standard InChI is InChI=1S/C23H27N3O4S/c1-14-6-8-16(9-7-14)21-20(22(28)29-3)15(2)25-23-26(21)17(13-31-23)11-19(27)24-12-18-5-4-10-30-18/h6-9,13,18,21H,4-5,10-12H2,1-3H3,(H,24,27). The number of methoxy groups -OCH3 is 1. The van der Waals surface area contributed by atoms with Gasteiger partial charge in [0.2, 0.25) is 5.91 Å². The van der Waals surface area contributed by atoms with Crippen LogP contribution < -0.4 is 5.32 Å². The molecule has 3 aliphatic rings. The van der Waals surface area contributed by atoms with Crippen LogP contribution in [0.3, 0.4) is 0 Å². The van der Waals surface area contributed by atoms with Crippen molar-refractivity contribution in [1.82, 2.24) is 10.2 Å². The van der Waals surface area contributed by atoms with Crippen molar-refractivity contribution in [2.45, 2.75) is 45.3 Å². The number of amidine groups is 1. The molecule has 8 heteroatoms. The number of carbonyl (C=O) groups is 2. The molecule has 2 atom stereocenters. The van der Waals surface area contributed by atoms with Gasteiger partial charge in [0.25, 0.3) is 0 Å². The highest BCUT2D eigenvalue weighted by Crippen LogP contribution is 2.44. The fourth-order valence-corrected chi connectivity index (χ4v) is 5.03. The number of hydrogen-bond acceptors (Lipinski definition) is 7. The van der Waals surface area contributed by atoms with Gasteiger partial charge in [-0.25, -0.2) is 9.79 Å². The molecular weight excluding hydrogens is 414 g/mol. The van der Waals surface area contributed by atoms with E-state index in [1.807, 2.05) is 48.4 Å². The van der Waals surface area contributed by atoms with Gasteiger partial charge < -0.3 is 19.7 Å². The fourth-order valence-electron chi connectivity index (χ4n) is 4.06. The number of nitrogens with one attached hydrogen (secondary N) is 1. The zero-order valence-electron chi connectivity index (χ0n) is 18.0. The lowest BCUT2D eigenvalue weighted by Gasteiger charge is -2.36. The number of fused-ring (bicyclic) bond motifs is 1. The molecule has 0 aromatic heterocycles. The molecule has 0 saturated carbocycles. The second-order valence-electron chi connectivity index (χ2n) is 7.91. The van der Waals surface area contributed by atoms with Gasteiger partial charge in [0.05, 0.1) is 36.9 Å². The molecule has 4 rings (SSSR count). The van der Waals surface area contributed by atoms with Gasteiger partial charge in [-0.05, 0) is 37.7 Å². The van der Waals surface area contributed by atoms with E-state index in [1.54, 1.807) is 0 Å². The number of hydrogen-bond donors (Lipinski definition) is 1. The molecule has 3 aliphatic heterocycles. The van der Waals surface area contributed by atoms with Crippen molar-refractivity contribution in [2.75, 3.05) is 20.3 Å². The van der Waals surface area contributed by atoms with Gasteiger partial charge in [-0.15, -0.1) is 0 Å². The van der Waals surface area contributed by atoms with E-state index >= 15 is 0 Å². The van der Waals surface area contributed by atoms with Gasteiger partial charge in [-0.3, -0.25) is 4.79 Å². The first-order valence-electron chi connectivity index (χ1n) is 10.5. The van der Waals surface area contributed by atoms with Crippen LogP contribution >= 0.6 is 11.8 Å². The van der Waals surface area contributed by atoms with Crippen molar-refractivity contribution in [3.05, 3.63) is 57.8 Å². The number of allylic oxidation sites excluding steroid dienone is 1. The Morgan fingerprint density at radius 1 is 1.29 bits per heavy atom. The number of nitrogens with zero attached hydrogens (tertiary/aromatic N) is 2. The van der Waals surface area contributed by atoms with Crippen molar-refractivity contribution in [1.29, 1.82) is 0 Å². The van der Waals surface area contributed by atoms with E-state index in [9.17, 15) is 9.59 Å². The number of ether oxygens (including phenoxy) is 2. The van der Waals surface area contributed by atoms with E-state index in [1.165, 1.54) is 18.9 Å². The van der Waals surface area contributed by atoms with Crippen LogP contribution in [0.4, 0.5) is 0 Å². The van der Waals surface area contributed by atoms with Crippen LogP contribution in [-0.2, 0) is 19.1 Å². The Morgan fingerprint density at radius 2 is 2.06 bits per heavy atom. The number of thioether (sulfide) groups is 1.